The van der Waals surface area contributed by atoms with Gasteiger partial charge in [-0.1, -0.05) is 18.2 Å². The molecule has 0 aliphatic carbocycles. The molecule has 4 nitrogen and oxygen atoms in total. The fraction of sp³-hybridized carbons (Fsp3) is 0.188. The van der Waals surface area contributed by atoms with E-state index in [1.807, 2.05) is 38.1 Å². The third-order valence-electron chi connectivity index (χ3n) is 3.20. The molecule has 0 saturated heterocycles. The SMILES string of the molecule is Cc1cccc(C)c1OCc1nc2cc(N)ccc2o1. The molecule has 1 aromatic heterocycles. The summed E-state index contributed by atoms with van der Waals surface area (Å²) in [6, 6.07) is 11.5. The van der Waals surface area contributed by atoms with Crippen molar-refractivity contribution >= 4 is 16.8 Å². The first-order valence-corrected chi connectivity index (χ1v) is 6.47. The van der Waals surface area contributed by atoms with Gasteiger partial charge in [-0.05, 0) is 43.2 Å². The molecule has 102 valence electrons. The Kier molecular flexibility index (Phi) is 3.06. The first kappa shape index (κ1) is 12.5. The van der Waals surface area contributed by atoms with Gasteiger partial charge in [-0.25, -0.2) is 4.98 Å². The number of para-hydroxylation sites is 1. The molecule has 0 amide bonds. The van der Waals surface area contributed by atoms with Gasteiger partial charge in [0.1, 0.15) is 11.3 Å². The van der Waals surface area contributed by atoms with E-state index in [0.717, 1.165) is 28.0 Å². The van der Waals surface area contributed by atoms with E-state index in [9.17, 15) is 0 Å². The average Bonchev–Trinajstić information content (AvgIpc) is 2.80. The largest absolute Gasteiger partial charge is 0.483 e. The number of aryl methyl sites for hydroxylation is 2. The van der Waals surface area contributed by atoms with Crippen LogP contribution in [0.4, 0.5) is 5.69 Å². The lowest BCUT2D eigenvalue weighted by Gasteiger charge is -2.09. The van der Waals surface area contributed by atoms with Crippen LogP contribution < -0.4 is 10.5 Å². The molecule has 0 fully saturated rings. The maximum absolute atomic E-state index is 5.83. The van der Waals surface area contributed by atoms with Gasteiger partial charge in [0.2, 0.25) is 5.89 Å². The predicted molar refractivity (Wildman–Crippen MR) is 78.7 cm³/mol. The number of nitrogens with two attached hydrogens (primary N) is 1. The van der Waals surface area contributed by atoms with Crippen LogP contribution in [-0.4, -0.2) is 4.98 Å². The topological polar surface area (TPSA) is 61.3 Å². The number of nitrogen functional groups attached to an aromatic ring is 1. The van der Waals surface area contributed by atoms with Gasteiger partial charge in [0, 0.05) is 5.69 Å². The number of hydrogen-bond acceptors (Lipinski definition) is 4. The van der Waals surface area contributed by atoms with Crippen molar-refractivity contribution in [2.24, 2.45) is 0 Å². The first-order chi connectivity index (χ1) is 9.63. The van der Waals surface area contributed by atoms with Crippen LogP contribution in [-0.2, 0) is 6.61 Å². The molecule has 2 N–H and O–H groups in total. The Labute approximate surface area is 117 Å². The summed E-state index contributed by atoms with van der Waals surface area (Å²) in [6.45, 7) is 4.35. The van der Waals surface area contributed by atoms with Crippen molar-refractivity contribution < 1.29 is 9.15 Å². The van der Waals surface area contributed by atoms with Crippen LogP contribution >= 0.6 is 0 Å². The summed E-state index contributed by atoms with van der Waals surface area (Å²) in [5.74, 6) is 1.43. The molecule has 0 aliphatic heterocycles. The first-order valence-electron chi connectivity index (χ1n) is 6.47. The highest BCUT2D eigenvalue weighted by molar-refractivity contribution is 5.76. The van der Waals surface area contributed by atoms with Crippen molar-refractivity contribution in [1.82, 2.24) is 4.98 Å². The molecule has 3 rings (SSSR count). The van der Waals surface area contributed by atoms with Crippen molar-refractivity contribution in [3.63, 3.8) is 0 Å². The minimum absolute atomic E-state index is 0.306. The number of aromatic nitrogens is 1. The van der Waals surface area contributed by atoms with Crippen molar-refractivity contribution in [3.05, 3.63) is 53.4 Å². The van der Waals surface area contributed by atoms with Gasteiger partial charge in [-0.15, -0.1) is 0 Å². The fourth-order valence-corrected chi connectivity index (χ4v) is 2.21. The Bertz CT molecular complexity index is 742. The van der Waals surface area contributed by atoms with Crippen LogP contribution in [0, 0.1) is 13.8 Å². The third kappa shape index (κ3) is 2.32. The van der Waals surface area contributed by atoms with Crippen LogP contribution in [0.3, 0.4) is 0 Å². The van der Waals surface area contributed by atoms with Gasteiger partial charge in [-0.3, -0.25) is 0 Å². The van der Waals surface area contributed by atoms with E-state index in [-0.39, 0.29) is 0 Å². The van der Waals surface area contributed by atoms with Gasteiger partial charge in [0.05, 0.1) is 0 Å². The Morgan fingerprint density at radius 2 is 1.90 bits per heavy atom. The summed E-state index contributed by atoms with van der Waals surface area (Å²) in [6.07, 6.45) is 0. The van der Waals surface area contributed by atoms with E-state index in [4.69, 9.17) is 14.9 Å². The summed E-state index contributed by atoms with van der Waals surface area (Å²) in [5.41, 5.74) is 10.1. The van der Waals surface area contributed by atoms with Crippen LogP contribution in [0.5, 0.6) is 5.75 Å². The summed E-state index contributed by atoms with van der Waals surface area (Å²) in [4.78, 5) is 4.38. The molecule has 0 aliphatic rings. The minimum Gasteiger partial charge on any atom is -0.483 e. The van der Waals surface area contributed by atoms with Gasteiger partial charge in [-0.2, -0.15) is 0 Å². The maximum atomic E-state index is 5.83. The summed E-state index contributed by atoms with van der Waals surface area (Å²) in [5, 5.41) is 0. The molecule has 0 radical (unpaired) electrons. The van der Waals surface area contributed by atoms with Crippen molar-refractivity contribution in [3.8, 4) is 5.75 Å². The van der Waals surface area contributed by atoms with Crippen molar-refractivity contribution in [2.45, 2.75) is 20.5 Å². The van der Waals surface area contributed by atoms with Gasteiger partial charge in [0.15, 0.2) is 12.2 Å². The second-order valence-electron chi connectivity index (χ2n) is 4.84. The highest BCUT2D eigenvalue weighted by Gasteiger charge is 2.09. The Morgan fingerprint density at radius 1 is 1.15 bits per heavy atom. The number of benzene rings is 2. The zero-order valence-electron chi connectivity index (χ0n) is 11.5. The molecule has 0 spiro atoms. The van der Waals surface area contributed by atoms with Gasteiger partial charge < -0.3 is 14.9 Å². The lowest BCUT2D eigenvalue weighted by Crippen LogP contribution is -1.98. The molecule has 0 bridgehead atoms. The molecule has 0 saturated carbocycles. The van der Waals surface area contributed by atoms with Crippen molar-refractivity contribution in [1.29, 1.82) is 0 Å². The molecular formula is C16H16N2O2. The van der Waals surface area contributed by atoms with E-state index in [1.165, 1.54) is 0 Å². The zero-order valence-corrected chi connectivity index (χ0v) is 11.5. The molecule has 4 heteroatoms. The lowest BCUT2D eigenvalue weighted by atomic mass is 10.1. The van der Waals surface area contributed by atoms with Crippen LogP contribution in [0.1, 0.15) is 17.0 Å². The number of nitrogens with zero attached hydrogens (tertiary/aromatic N) is 1. The quantitative estimate of drug-likeness (QED) is 0.737. The molecule has 0 atom stereocenters. The second-order valence-corrected chi connectivity index (χ2v) is 4.84. The predicted octanol–water partition coefficient (Wildman–Crippen LogP) is 3.61. The number of hydrogen-bond donors (Lipinski definition) is 1. The number of fused-ring (bicyclic) bond motifs is 1. The molecule has 3 aromatic rings. The van der Waals surface area contributed by atoms with Gasteiger partial charge >= 0.3 is 0 Å². The Hall–Kier alpha value is -2.49. The number of rotatable bonds is 3. The van der Waals surface area contributed by atoms with Crippen LogP contribution in [0.15, 0.2) is 40.8 Å². The number of oxazole rings is 1. The Morgan fingerprint density at radius 3 is 2.65 bits per heavy atom. The number of anilines is 1. The molecular weight excluding hydrogens is 252 g/mol. The van der Waals surface area contributed by atoms with E-state index in [0.29, 0.717) is 18.2 Å². The van der Waals surface area contributed by atoms with E-state index in [2.05, 4.69) is 4.98 Å². The highest BCUT2D eigenvalue weighted by atomic mass is 16.5. The smallest absolute Gasteiger partial charge is 0.233 e. The summed E-state index contributed by atoms with van der Waals surface area (Å²) in [7, 11) is 0. The summed E-state index contributed by atoms with van der Waals surface area (Å²) >= 11 is 0. The van der Waals surface area contributed by atoms with Gasteiger partial charge in [0.25, 0.3) is 0 Å². The van der Waals surface area contributed by atoms with Crippen LogP contribution in [0.2, 0.25) is 0 Å². The molecule has 2 aromatic carbocycles. The fourth-order valence-electron chi connectivity index (χ4n) is 2.21. The maximum Gasteiger partial charge on any atom is 0.233 e. The average molecular weight is 268 g/mol. The highest BCUT2D eigenvalue weighted by Crippen LogP contribution is 2.24. The monoisotopic (exact) mass is 268 g/mol. The second kappa shape index (κ2) is 4.89. The standard InChI is InChI=1S/C16H16N2O2/c1-10-4-3-5-11(2)16(10)19-9-15-18-13-8-12(17)6-7-14(13)20-15/h3-8H,9,17H2,1-2H3. The number of ether oxygens (including phenoxy) is 1. The minimum atomic E-state index is 0.306. The van der Waals surface area contributed by atoms with Crippen molar-refractivity contribution in [2.75, 3.05) is 5.73 Å². The zero-order chi connectivity index (χ0) is 14.1. The van der Waals surface area contributed by atoms with E-state index >= 15 is 0 Å². The third-order valence-corrected chi connectivity index (χ3v) is 3.20. The van der Waals surface area contributed by atoms with E-state index < -0.39 is 0 Å². The van der Waals surface area contributed by atoms with Crippen LogP contribution in [0.25, 0.3) is 11.1 Å². The van der Waals surface area contributed by atoms with E-state index in [1.54, 1.807) is 12.1 Å². The normalized spacial score (nSPS) is 10.9. The molecule has 1 heterocycles. The molecule has 0 unspecified atom stereocenters. The Balaban J connectivity index is 1.83. The lowest BCUT2D eigenvalue weighted by molar-refractivity contribution is 0.264. The molecule has 20 heavy (non-hydrogen) atoms. The summed E-state index contributed by atoms with van der Waals surface area (Å²) < 4.78 is 11.5.